The smallest absolute Gasteiger partial charge is 0.255 e. The Morgan fingerprint density at radius 1 is 1.00 bits per heavy atom. The van der Waals surface area contributed by atoms with Gasteiger partial charge in [0.25, 0.3) is 5.91 Å². The van der Waals surface area contributed by atoms with Gasteiger partial charge in [0.15, 0.2) is 0 Å². The molecule has 0 bridgehead atoms. The van der Waals surface area contributed by atoms with Crippen molar-refractivity contribution in [2.45, 2.75) is 19.4 Å². The van der Waals surface area contributed by atoms with Crippen LogP contribution in [0.2, 0.25) is 5.02 Å². The standard InChI is InChI=1S/C24H21ClN2O3/c25-21-4-1-2-5-22(21)30-20-13-11-19(12-14-20)26-24(29)18-9-7-17(8-10-18)16-27-15-3-6-23(27)28/h1-2,4-5,7-14H,3,6,15-16H2,(H,26,29). The average Bonchev–Trinajstić information content (AvgIpc) is 3.16. The van der Waals surface area contributed by atoms with Gasteiger partial charge in [-0.15, -0.1) is 0 Å². The van der Waals surface area contributed by atoms with Crippen LogP contribution in [0.15, 0.2) is 72.8 Å². The molecule has 1 aliphatic heterocycles. The molecule has 1 saturated heterocycles. The van der Waals surface area contributed by atoms with E-state index in [1.54, 1.807) is 48.5 Å². The number of hydrogen-bond acceptors (Lipinski definition) is 3. The monoisotopic (exact) mass is 420 g/mol. The lowest BCUT2D eigenvalue weighted by Crippen LogP contribution is -2.23. The van der Waals surface area contributed by atoms with E-state index in [2.05, 4.69) is 5.32 Å². The second-order valence-corrected chi connectivity index (χ2v) is 7.53. The van der Waals surface area contributed by atoms with Crippen molar-refractivity contribution in [3.05, 3.63) is 88.9 Å². The number of ether oxygens (including phenoxy) is 1. The van der Waals surface area contributed by atoms with Crippen molar-refractivity contribution in [2.75, 3.05) is 11.9 Å². The summed E-state index contributed by atoms with van der Waals surface area (Å²) in [7, 11) is 0. The first-order chi connectivity index (χ1) is 14.6. The second kappa shape index (κ2) is 9.01. The third kappa shape index (κ3) is 4.81. The molecule has 30 heavy (non-hydrogen) atoms. The Morgan fingerprint density at radius 3 is 2.40 bits per heavy atom. The number of likely N-dealkylation sites (tertiary alicyclic amines) is 1. The van der Waals surface area contributed by atoms with Crippen LogP contribution in [-0.4, -0.2) is 23.3 Å². The molecule has 0 radical (unpaired) electrons. The number of para-hydroxylation sites is 1. The quantitative estimate of drug-likeness (QED) is 0.572. The molecule has 0 unspecified atom stereocenters. The van der Waals surface area contributed by atoms with Crippen molar-refractivity contribution in [1.82, 2.24) is 4.90 Å². The summed E-state index contributed by atoms with van der Waals surface area (Å²) >= 11 is 6.11. The van der Waals surface area contributed by atoms with Crippen LogP contribution >= 0.6 is 11.6 Å². The Kier molecular flexibility index (Phi) is 6.00. The molecular weight excluding hydrogens is 400 g/mol. The Morgan fingerprint density at radius 2 is 1.73 bits per heavy atom. The Labute approximate surface area is 180 Å². The normalized spacial score (nSPS) is 13.4. The maximum Gasteiger partial charge on any atom is 0.255 e. The van der Waals surface area contributed by atoms with Crippen molar-refractivity contribution >= 4 is 29.1 Å². The summed E-state index contributed by atoms with van der Waals surface area (Å²) in [6, 6.07) is 21.7. The number of hydrogen-bond donors (Lipinski definition) is 1. The van der Waals surface area contributed by atoms with E-state index in [0.717, 1.165) is 18.5 Å². The molecule has 152 valence electrons. The van der Waals surface area contributed by atoms with Gasteiger partial charge in [-0.25, -0.2) is 0 Å². The Balaban J connectivity index is 1.35. The van der Waals surface area contributed by atoms with Crippen LogP contribution in [0, 0.1) is 0 Å². The third-order valence-corrected chi connectivity index (χ3v) is 5.25. The molecule has 5 nitrogen and oxygen atoms in total. The van der Waals surface area contributed by atoms with E-state index in [9.17, 15) is 9.59 Å². The lowest BCUT2D eigenvalue weighted by Gasteiger charge is -2.15. The third-order valence-electron chi connectivity index (χ3n) is 4.94. The van der Waals surface area contributed by atoms with Crippen LogP contribution in [0.1, 0.15) is 28.8 Å². The molecule has 6 heteroatoms. The molecule has 1 fully saturated rings. The van der Waals surface area contributed by atoms with E-state index in [4.69, 9.17) is 16.3 Å². The predicted molar refractivity (Wildman–Crippen MR) is 117 cm³/mol. The van der Waals surface area contributed by atoms with E-state index < -0.39 is 0 Å². The van der Waals surface area contributed by atoms with Gasteiger partial charge in [0.1, 0.15) is 11.5 Å². The minimum absolute atomic E-state index is 0.193. The number of carbonyl (C=O) groups is 2. The molecule has 0 aliphatic carbocycles. The van der Waals surface area contributed by atoms with Gasteiger partial charge in [0.05, 0.1) is 5.02 Å². The van der Waals surface area contributed by atoms with Gasteiger partial charge in [-0.1, -0.05) is 35.9 Å². The van der Waals surface area contributed by atoms with E-state index in [1.807, 2.05) is 29.2 Å². The molecule has 2 amide bonds. The second-order valence-electron chi connectivity index (χ2n) is 7.13. The molecular formula is C24H21ClN2O3. The zero-order chi connectivity index (χ0) is 20.9. The summed E-state index contributed by atoms with van der Waals surface area (Å²) in [6.45, 7) is 1.39. The predicted octanol–water partition coefficient (Wildman–Crippen LogP) is 5.51. The van der Waals surface area contributed by atoms with Crippen LogP contribution in [-0.2, 0) is 11.3 Å². The highest BCUT2D eigenvalue weighted by atomic mass is 35.5. The molecule has 1 heterocycles. The number of carbonyl (C=O) groups excluding carboxylic acids is 2. The lowest BCUT2D eigenvalue weighted by molar-refractivity contribution is -0.128. The number of anilines is 1. The molecule has 1 aliphatic rings. The number of benzene rings is 3. The molecule has 3 aromatic carbocycles. The number of rotatable bonds is 6. The Hall–Kier alpha value is -3.31. The molecule has 3 aromatic rings. The lowest BCUT2D eigenvalue weighted by atomic mass is 10.1. The first-order valence-electron chi connectivity index (χ1n) is 9.79. The molecule has 0 aromatic heterocycles. The highest BCUT2D eigenvalue weighted by Crippen LogP contribution is 2.29. The largest absolute Gasteiger partial charge is 0.456 e. The maximum absolute atomic E-state index is 12.5. The SMILES string of the molecule is O=C(Nc1ccc(Oc2ccccc2Cl)cc1)c1ccc(CN2CCCC2=O)cc1. The van der Waals surface area contributed by atoms with E-state index in [0.29, 0.717) is 40.7 Å². The molecule has 0 spiro atoms. The summed E-state index contributed by atoms with van der Waals surface area (Å²) in [5.74, 6) is 1.20. The van der Waals surface area contributed by atoms with Crippen molar-refractivity contribution in [1.29, 1.82) is 0 Å². The van der Waals surface area contributed by atoms with E-state index in [1.165, 1.54) is 0 Å². The molecule has 0 atom stereocenters. The number of amides is 2. The van der Waals surface area contributed by atoms with E-state index in [-0.39, 0.29) is 11.8 Å². The fourth-order valence-corrected chi connectivity index (χ4v) is 3.49. The summed E-state index contributed by atoms with van der Waals surface area (Å²) in [4.78, 5) is 26.1. The first-order valence-corrected chi connectivity index (χ1v) is 10.2. The van der Waals surface area contributed by atoms with Crippen molar-refractivity contribution < 1.29 is 14.3 Å². The van der Waals surface area contributed by atoms with Crippen molar-refractivity contribution in [3.63, 3.8) is 0 Å². The summed E-state index contributed by atoms with van der Waals surface area (Å²) in [6.07, 6.45) is 1.55. The van der Waals surface area contributed by atoms with Crippen LogP contribution in [0.5, 0.6) is 11.5 Å². The highest BCUT2D eigenvalue weighted by molar-refractivity contribution is 6.32. The first kappa shape index (κ1) is 20.0. The maximum atomic E-state index is 12.5. The van der Waals surface area contributed by atoms with Crippen LogP contribution < -0.4 is 10.1 Å². The van der Waals surface area contributed by atoms with Crippen LogP contribution in [0.25, 0.3) is 0 Å². The van der Waals surface area contributed by atoms with Crippen molar-refractivity contribution in [2.24, 2.45) is 0 Å². The van der Waals surface area contributed by atoms with Crippen LogP contribution in [0.4, 0.5) is 5.69 Å². The van der Waals surface area contributed by atoms with Gasteiger partial charge in [-0.05, 0) is 60.5 Å². The van der Waals surface area contributed by atoms with Crippen molar-refractivity contribution in [3.8, 4) is 11.5 Å². The van der Waals surface area contributed by atoms with Gasteiger partial charge >= 0.3 is 0 Å². The van der Waals surface area contributed by atoms with E-state index >= 15 is 0 Å². The van der Waals surface area contributed by atoms with Gasteiger partial charge < -0.3 is 15.0 Å². The fourth-order valence-electron chi connectivity index (χ4n) is 3.32. The number of halogens is 1. The zero-order valence-electron chi connectivity index (χ0n) is 16.3. The molecule has 1 N–H and O–H groups in total. The summed E-state index contributed by atoms with van der Waals surface area (Å²) < 4.78 is 5.76. The Bertz CT molecular complexity index is 1050. The van der Waals surface area contributed by atoms with Crippen LogP contribution in [0.3, 0.4) is 0 Å². The summed E-state index contributed by atoms with van der Waals surface area (Å²) in [5, 5.41) is 3.41. The topological polar surface area (TPSA) is 58.6 Å². The fraction of sp³-hybridized carbons (Fsp3) is 0.167. The number of nitrogens with zero attached hydrogens (tertiary/aromatic N) is 1. The highest BCUT2D eigenvalue weighted by Gasteiger charge is 2.20. The minimum Gasteiger partial charge on any atom is -0.456 e. The van der Waals surface area contributed by atoms with Gasteiger partial charge in [0, 0.05) is 30.8 Å². The molecule has 4 rings (SSSR count). The van der Waals surface area contributed by atoms with Gasteiger partial charge in [0.2, 0.25) is 5.91 Å². The van der Waals surface area contributed by atoms with Gasteiger partial charge in [-0.3, -0.25) is 9.59 Å². The zero-order valence-corrected chi connectivity index (χ0v) is 17.1. The van der Waals surface area contributed by atoms with Gasteiger partial charge in [-0.2, -0.15) is 0 Å². The average molecular weight is 421 g/mol. The summed E-state index contributed by atoms with van der Waals surface area (Å²) in [5.41, 5.74) is 2.24. The minimum atomic E-state index is -0.196. The molecule has 0 saturated carbocycles. The number of nitrogens with one attached hydrogen (secondary N) is 1.